The normalized spacial score (nSPS) is 13.2. The summed E-state index contributed by atoms with van der Waals surface area (Å²) in [6.45, 7) is 1.61. The van der Waals surface area contributed by atoms with E-state index in [1.165, 1.54) is 6.08 Å². The number of nitrogens with one attached hydrogen (secondary N) is 1. The maximum atomic E-state index is 12.5. The Morgan fingerprint density at radius 3 is 2.53 bits per heavy atom. The van der Waals surface area contributed by atoms with E-state index >= 15 is 0 Å². The number of fused-ring (bicyclic) bond motifs is 1. The number of nitrogens with zero attached hydrogens (tertiary/aromatic N) is 3. The van der Waals surface area contributed by atoms with Crippen molar-refractivity contribution < 1.29 is 13.5 Å². The van der Waals surface area contributed by atoms with Gasteiger partial charge in [0.25, 0.3) is 10.0 Å². The highest BCUT2D eigenvalue weighted by atomic mass is 32.2. The molecule has 0 bridgehead atoms. The molecule has 0 fully saturated rings. The molecule has 1 aromatic heterocycles. The topological polar surface area (TPSA) is 98.4 Å². The molecule has 2 aromatic carbocycles. The number of rotatable bonds is 8. The van der Waals surface area contributed by atoms with Gasteiger partial charge in [-0.05, 0) is 59.2 Å². The molecule has 2 N–H and O–H groups in total. The monoisotopic (exact) mass is 452 g/mol. The van der Waals surface area contributed by atoms with Crippen LogP contribution in [-0.2, 0) is 17.1 Å². The number of aromatic nitrogens is 1. The van der Waals surface area contributed by atoms with Gasteiger partial charge in [0.15, 0.2) is 4.91 Å². The fraction of sp³-hybridized carbons (Fsp3) is 0.292. The average Bonchev–Trinajstić information content (AvgIpc) is 3.14. The van der Waals surface area contributed by atoms with Crippen molar-refractivity contribution in [1.82, 2.24) is 9.29 Å². The fourth-order valence-corrected chi connectivity index (χ4v) is 4.33. The Labute approximate surface area is 189 Å². The van der Waals surface area contributed by atoms with E-state index in [9.17, 15) is 18.8 Å². The molecule has 3 aromatic rings. The first-order valence-electron chi connectivity index (χ1n) is 10.3. The lowest BCUT2D eigenvalue weighted by Gasteiger charge is -2.13. The largest absolute Gasteiger partial charge is 0.392 e. The van der Waals surface area contributed by atoms with E-state index in [4.69, 9.17) is 0 Å². The molecule has 3 rings (SSSR count). The van der Waals surface area contributed by atoms with E-state index in [1.807, 2.05) is 37.8 Å². The van der Waals surface area contributed by atoms with Crippen LogP contribution >= 0.6 is 0 Å². The SMILES string of the molecule is CCC(O)CNS(=O)(=O)/C(C#N)=C/c1ccc(-c2ccc3cc(N(C)C)ccc3c2)n1C. The lowest BCUT2D eigenvalue weighted by Crippen LogP contribution is -2.32. The minimum absolute atomic E-state index is 0.136. The summed E-state index contributed by atoms with van der Waals surface area (Å²) < 4.78 is 29.1. The second-order valence-corrected chi connectivity index (χ2v) is 9.61. The summed E-state index contributed by atoms with van der Waals surface area (Å²) >= 11 is 0. The Morgan fingerprint density at radius 2 is 1.88 bits per heavy atom. The molecule has 0 radical (unpaired) electrons. The quantitative estimate of drug-likeness (QED) is 0.510. The highest BCUT2D eigenvalue weighted by molar-refractivity contribution is 7.93. The van der Waals surface area contributed by atoms with Crippen molar-refractivity contribution in [1.29, 1.82) is 5.26 Å². The van der Waals surface area contributed by atoms with Gasteiger partial charge in [0.1, 0.15) is 6.07 Å². The summed E-state index contributed by atoms with van der Waals surface area (Å²) in [4.78, 5) is 1.66. The molecule has 0 aliphatic rings. The molecule has 1 heterocycles. The van der Waals surface area contributed by atoms with Crippen molar-refractivity contribution in [2.24, 2.45) is 7.05 Å². The predicted octanol–water partition coefficient (Wildman–Crippen LogP) is 3.47. The number of aliphatic hydroxyl groups is 1. The van der Waals surface area contributed by atoms with Gasteiger partial charge < -0.3 is 14.6 Å². The number of anilines is 1. The van der Waals surface area contributed by atoms with Gasteiger partial charge in [-0.2, -0.15) is 5.26 Å². The zero-order valence-corrected chi connectivity index (χ0v) is 19.5. The second-order valence-electron chi connectivity index (χ2n) is 7.88. The van der Waals surface area contributed by atoms with Gasteiger partial charge in [-0.1, -0.05) is 25.1 Å². The van der Waals surface area contributed by atoms with Crippen LogP contribution in [0.2, 0.25) is 0 Å². The first-order chi connectivity index (χ1) is 15.2. The zero-order valence-electron chi connectivity index (χ0n) is 18.7. The van der Waals surface area contributed by atoms with Crippen LogP contribution in [0.25, 0.3) is 28.1 Å². The fourth-order valence-electron chi connectivity index (χ4n) is 3.36. The van der Waals surface area contributed by atoms with Gasteiger partial charge in [-0.15, -0.1) is 0 Å². The van der Waals surface area contributed by atoms with Crippen molar-refractivity contribution in [3.63, 3.8) is 0 Å². The van der Waals surface area contributed by atoms with Gasteiger partial charge in [-0.25, -0.2) is 13.1 Å². The summed E-state index contributed by atoms with van der Waals surface area (Å²) in [7, 11) is 1.83. The first-order valence-corrected chi connectivity index (χ1v) is 11.8. The van der Waals surface area contributed by atoms with E-state index in [0.29, 0.717) is 12.1 Å². The molecule has 0 aliphatic carbocycles. The van der Waals surface area contributed by atoms with Crippen molar-refractivity contribution >= 4 is 32.6 Å². The van der Waals surface area contributed by atoms with Crippen LogP contribution in [0.15, 0.2) is 53.4 Å². The van der Waals surface area contributed by atoms with Gasteiger partial charge in [0.2, 0.25) is 0 Å². The van der Waals surface area contributed by atoms with Crippen LogP contribution in [-0.4, -0.2) is 44.8 Å². The number of nitriles is 1. The highest BCUT2D eigenvalue weighted by Crippen LogP contribution is 2.28. The molecule has 0 amide bonds. The zero-order chi connectivity index (χ0) is 23.5. The Bertz CT molecular complexity index is 1300. The number of benzene rings is 2. The molecule has 7 nitrogen and oxygen atoms in total. The Balaban J connectivity index is 1.93. The summed E-state index contributed by atoms with van der Waals surface area (Å²) in [5.41, 5.74) is 3.60. The van der Waals surface area contributed by atoms with E-state index in [2.05, 4.69) is 40.0 Å². The Morgan fingerprint density at radius 1 is 1.19 bits per heavy atom. The molecule has 8 heteroatoms. The second kappa shape index (κ2) is 9.57. The van der Waals surface area contributed by atoms with Crippen molar-refractivity contribution in [3.8, 4) is 17.3 Å². The van der Waals surface area contributed by atoms with Crippen molar-refractivity contribution in [3.05, 3.63) is 59.1 Å². The molecule has 168 valence electrons. The molecular formula is C24H28N4O3S. The van der Waals surface area contributed by atoms with E-state index in [0.717, 1.165) is 27.7 Å². The van der Waals surface area contributed by atoms with Crippen LogP contribution in [0.4, 0.5) is 5.69 Å². The minimum Gasteiger partial charge on any atom is -0.392 e. The van der Waals surface area contributed by atoms with E-state index < -0.39 is 21.0 Å². The maximum absolute atomic E-state index is 12.5. The summed E-state index contributed by atoms with van der Waals surface area (Å²) in [5, 5.41) is 21.3. The standard InChI is InChI=1S/C24H28N4O3S/c1-5-22(29)16-26-32(30,31)23(15-25)14-21-10-11-24(28(21)4)19-7-6-18-13-20(27(2)3)9-8-17(18)12-19/h6-14,22,26,29H,5,16H2,1-4H3/b23-14+. The van der Waals surface area contributed by atoms with Crippen LogP contribution in [0.3, 0.4) is 0 Å². The Kier molecular flexibility index (Phi) is 7.04. The van der Waals surface area contributed by atoms with Crippen LogP contribution in [0.1, 0.15) is 19.0 Å². The molecule has 0 spiro atoms. The Hall–Kier alpha value is -3.12. The van der Waals surface area contributed by atoms with Gasteiger partial charge in [0, 0.05) is 44.8 Å². The molecule has 1 atom stereocenters. The third-order valence-corrected chi connectivity index (χ3v) is 6.79. The predicted molar refractivity (Wildman–Crippen MR) is 129 cm³/mol. The van der Waals surface area contributed by atoms with E-state index in [1.54, 1.807) is 19.1 Å². The summed E-state index contributed by atoms with van der Waals surface area (Å²) in [6.07, 6.45) is 0.958. The van der Waals surface area contributed by atoms with Crippen molar-refractivity contribution in [2.75, 3.05) is 25.5 Å². The third-order valence-electron chi connectivity index (χ3n) is 5.46. The number of aliphatic hydroxyl groups excluding tert-OH is 1. The molecule has 0 saturated carbocycles. The average molecular weight is 453 g/mol. The van der Waals surface area contributed by atoms with E-state index in [-0.39, 0.29) is 6.54 Å². The van der Waals surface area contributed by atoms with Crippen LogP contribution in [0.5, 0.6) is 0 Å². The number of sulfonamides is 1. The molecule has 32 heavy (non-hydrogen) atoms. The lowest BCUT2D eigenvalue weighted by atomic mass is 10.0. The smallest absolute Gasteiger partial charge is 0.250 e. The van der Waals surface area contributed by atoms with Gasteiger partial charge in [-0.3, -0.25) is 0 Å². The number of hydrogen-bond acceptors (Lipinski definition) is 5. The molecule has 0 aliphatic heterocycles. The molecule has 0 saturated heterocycles. The number of hydrogen-bond donors (Lipinski definition) is 2. The lowest BCUT2D eigenvalue weighted by molar-refractivity contribution is 0.174. The molecule has 1 unspecified atom stereocenters. The number of allylic oxidation sites excluding steroid dienone is 1. The van der Waals surface area contributed by atoms with Gasteiger partial charge in [0.05, 0.1) is 6.10 Å². The maximum Gasteiger partial charge on any atom is 0.250 e. The van der Waals surface area contributed by atoms with Gasteiger partial charge >= 0.3 is 0 Å². The summed E-state index contributed by atoms with van der Waals surface area (Å²) in [5.74, 6) is 0. The van der Waals surface area contributed by atoms with Crippen LogP contribution < -0.4 is 9.62 Å². The summed E-state index contributed by atoms with van der Waals surface area (Å²) in [6, 6.07) is 17.9. The van der Waals surface area contributed by atoms with Crippen molar-refractivity contribution in [2.45, 2.75) is 19.4 Å². The minimum atomic E-state index is -4.02. The molecular weight excluding hydrogens is 424 g/mol. The first kappa shape index (κ1) is 23.5. The third kappa shape index (κ3) is 5.02. The highest BCUT2D eigenvalue weighted by Gasteiger charge is 2.19. The van der Waals surface area contributed by atoms with Crippen LogP contribution in [0, 0.1) is 11.3 Å².